The maximum absolute atomic E-state index is 9.22. The SMILES string of the molecule is Oc1cccc(NC2CCOC2)c1. The van der Waals surface area contributed by atoms with E-state index < -0.39 is 0 Å². The molecule has 1 saturated heterocycles. The molecule has 1 atom stereocenters. The lowest BCUT2D eigenvalue weighted by Gasteiger charge is -2.11. The van der Waals surface area contributed by atoms with Gasteiger partial charge in [-0.3, -0.25) is 0 Å². The van der Waals surface area contributed by atoms with Gasteiger partial charge in [-0.1, -0.05) is 6.07 Å². The third-order valence-corrected chi connectivity index (χ3v) is 2.15. The second kappa shape index (κ2) is 3.66. The fourth-order valence-electron chi connectivity index (χ4n) is 1.48. The molecule has 1 heterocycles. The van der Waals surface area contributed by atoms with Gasteiger partial charge in [-0.2, -0.15) is 0 Å². The number of hydrogen-bond acceptors (Lipinski definition) is 3. The van der Waals surface area contributed by atoms with E-state index in [0.29, 0.717) is 11.8 Å². The molecular formula is C10H13NO2. The standard InChI is InChI=1S/C10H13NO2/c12-10-3-1-2-8(6-10)11-9-4-5-13-7-9/h1-3,6,9,11-12H,4-5,7H2. The van der Waals surface area contributed by atoms with Gasteiger partial charge in [0.2, 0.25) is 0 Å². The molecule has 0 bridgehead atoms. The van der Waals surface area contributed by atoms with Crippen molar-refractivity contribution in [3.8, 4) is 5.75 Å². The van der Waals surface area contributed by atoms with Crippen LogP contribution in [0.3, 0.4) is 0 Å². The maximum atomic E-state index is 9.22. The summed E-state index contributed by atoms with van der Waals surface area (Å²) in [6.45, 7) is 1.59. The molecule has 13 heavy (non-hydrogen) atoms. The largest absolute Gasteiger partial charge is 0.508 e. The summed E-state index contributed by atoms with van der Waals surface area (Å²) in [5.41, 5.74) is 0.954. The van der Waals surface area contributed by atoms with Crippen LogP contribution in [0.1, 0.15) is 6.42 Å². The van der Waals surface area contributed by atoms with E-state index in [2.05, 4.69) is 5.32 Å². The molecule has 0 saturated carbocycles. The molecular weight excluding hydrogens is 166 g/mol. The van der Waals surface area contributed by atoms with E-state index in [9.17, 15) is 5.11 Å². The van der Waals surface area contributed by atoms with Gasteiger partial charge >= 0.3 is 0 Å². The maximum Gasteiger partial charge on any atom is 0.117 e. The third kappa shape index (κ3) is 2.12. The van der Waals surface area contributed by atoms with E-state index in [-0.39, 0.29) is 0 Å². The first-order valence-electron chi connectivity index (χ1n) is 4.48. The lowest BCUT2D eigenvalue weighted by atomic mass is 10.2. The Kier molecular flexibility index (Phi) is 2.36. The Hall–Kier alpha value is -1.22. The first-order valence-corrected chi connectivity index (χ1v) is 4.48. The smallest absolute Gasteiger partial charge is 0.117 e. The summed E-state index contributed by atoms with van der Waals surface area (Å²) in [5.74, 6) is 0.295. The number of ether oxygens (including phenoxy) is 1. The molecule has 1 aromatic rings. The lowest BCUT2D eigenvalue weighted by molar-refractivity contribution is 0.195. The predicted molar refractivity (Wildman–Crippen MR) is 51.0 cm³/mol. The van der Waals surface area contributed by atoms with Gasteiger partial charge in [0.25, 0.3) is 0 Å². The summed E-state index contributed by atoms with van der Waals surface area (Å²) < 4.78 is 5.23. The van der Waals surface area contributed by atoms with Crippen molar-refractivity contribution >= 4 is 5.69 Å². The van der Waals surface area contributed by atoms with Gasteiger partial charge in [-0.05, 0) is 18.6 Å². The summed E-state index contributed by atoms with van der Waals surface area (Å²) >= 11 is 0. The van der Waals surface area contributed by atoms with Gasteiger partial charge in [-0.15, -0.1) is 0 Å². The van der Waals surface area contributed by atoms with Crippen LogP contribution < -0.4 is 5.32 Å². The van der Waals surface area contributed by atoms with E-state index in [0.717, 1.165) is 25.3 Å². The molecule has 1 unspecified atom stereocenters. The zero-order chi connectivity index (χ0) is 9.10. The van der Waals surface area contributed by atoms with Crippen LogP contribution in [0.15, 0.2) is 24.3 Å². The van der Waals surface area contributed by atoms with Gasteiger partial charge in [-0.25, -0.2) is 0 Å². The molecule has 3 heteroatoms. The molecule has 0 aromatic heterocycles. The molecule has 0 radical (unpaired) electrons. The second-order valence-electron chi connectivity index (χ2n) is 3.26. The van der Waals surface area contributed by atoms with Crippen molar-refractivity contribution < 1.29 is 9.84 Å². The topological polar surface area (TPSA) is 41.5 Å². The van der Waals surface area contributed by atoms with Crippen molar-refractivity contribution in [1.82, 2.24) is 0 Å². The number of anilines is 1. The molecule has 1 fully saturated rings. The summed E-state index contributed by atoms with van der Waals surface area (Å²) in [5, 5.41) is 12.5. The highest BCUT2D eigenvalue weighted by molar-refractivity contribution is 5.48. The molecule has 70 valence electrons. The third-order valence-electron chi connectivity index (χ3n) is 2.15. The summed E-state index contributed by atoms with van der Waals surface area (Å²) in [6, 6.07) is 7.54. The number of hydrogen-bond donors (Lipinski definition) is 2. The highest BCUT2D eigenvalue weighted by atomic mass is 16.5. The quantitative estimate of drug-likeness (QED) is 0.724. The van der Waals surface area contributed by atoms with Crippen molar-refractivity contribution in [2.24, 2.45) is 0 Å². The number of aromatic hydroxyl groups is 1. The predicted octanol–water partition coefficient (Wildman–Crippen LogP) is 1.59. The number of benzene rings is 1. The molecule has 2 rings (SSSR count). The minimum absolute atomic E-state index is 0.295. The molecule has 1 aliphatic rings. The van der Waals surface area contributed by atoms with Crippen molar-refractivity contribution in [3.63, 3.8) is 0 Å². The number of nitrogens with one attached hydrogen (secondary N) is 1. The van der Waals surface area contributed by atoms with E-state index in [1.54, 1.807) is 12.1 Å². The summed E-state index contributed by atoms with van der Waals surface area (Å²) in [7, 11) is 0. The number of phenolic OH excluding ortho intramolecular Hbond substituents is 1. The normalized spacial score (nSPS) is 21.7. The minimum Gasteiger partial charge on any atom is -0.508 e. The zero-order valence-corrected chi connectivity index (χ0v) is 7.36. The average Bonchev–Trinajstić information content (AvgIpc) is 2.57. The number of rotatable bonds is 2. The van der Waals surface area contributed by atoms with Crippen molar-refractivity contribution in [2.75, 3.05) is 18.5 Å². The molecule has 0 amide bonds. The van der Waals surface area contributed by atoms with Gasteiger partial charge in [0.1, 0.15) is 5.75 Å². The van der Waals surface area contributed by atoms with Gasteiger partial charge in [0.15, 0.2) is 0 Å². The van der Waals surface area contributed by atoms with Gasteiger partial charge in [0, 0.05) is 18.4 Å². The first-order chi connectivity index (χ1) is 6.34. The van der Waals surface area contributed by atoms with Crippen molar-refractivity contribution in [3.05, 3.63) is 24.3 Å². The molecule has 0 spiro atoms. The number of phenols is 1. The zero-order valence-electron chi connectivity index (χ0n) is 7.36. The van der Waals surface area contributed by atoms with Crippen molar-refractivity contribution in [1.29, 1.82) is 0 Å². The molecule has 2 N–H and O–H groups in total. The highest BCUT2D eigenvalue weighted by Crippen LogP contribution is 2.18. The fraction of sp³-hybridized carbons (Fsp3) is 0.400. The van der Waals surface area contributed by atoms with Crippen LogP contribution in [0, 0.1) is 0 Å². The van der Waals surface area contributed by atoms with Crippen LogP contribution in [0.5, 0.6) is 5.75 Å². The highest BCUT2D eigenvalue weighted by Gasteiger charge is 2.14. The van der Waals surface area contributed by atoms with Gasteiger partial charge < -0.3 is 15.2 Å². The molecule has 0 aliphatic carbocycles. The van der Waals surface area contributed by atoms with E-state index >= 15 is 0 Å². The minimum atomic E-state index is 0.295. The Bertz CT molecular complexity index is 282. The first kappa shape index (κ1) is 8.38. The Balaban J connectivity index is 2.00. The molecule has 1 aliphatic heterocycles. The van der Waals surface area contributed by atoms with Gasteiger partial charge in [0.05, 0.1) is 12.6 Å². The van der Waals surface area contributed by atoms with E-state index in [1.807, 2.05) is 12.1 Å². The Morgan fingerprint density at radius 2 is 2.38 bits per heavy atom. The van der Waals surface area contributed by atoms with Crippen LogP contribution in [0.25, 0.3) is 0 Å². The summed E-state index contributed by atoms with van der Waals surface area (Å²) in [6.07, 6.45) is 1.04. The van der Waals surface area contributed by atoms with E-state index in [4.69, 9.17) is 4.74 Å². The summed E-state index contributed by atoms with van der Waals surface area (Å²) in [4.78, 5) is 0. The van der Waals surface area contributed by atoms with Crippen LogP contribution in [-0.4, -0.2) is 24.4 Å². The van der Waals surface area contributed by atoms with Crippen LogP contribution >= 0.6 is 0 Å². The lowest BCUT2D eigenvalue weighted by Crippen LogP contribution is -2.18. The molecule has 3 nitrogen and oxygen atoms in total. The van der Waals surface area contributed by atoms with Crippen LogP contribution in [0.2, 0.25) is 0 Å². The van der Waals surface area contributed by atoms with Crippen LogP contribution in [-0.2, 0) is 4.74 Å². The fourth-order valence-corrected chi connectivity index (χ4v) is 1.48. The molecule has 1 aromatic carbocycles. The Labute approximate surface area is 77.3 Å². The monoisotopic (exact) mass is 179 g/mol. The second-order valence-corrected chi connectivity index (χ2v) is 3.26. The van der Waals surface area contributed by atoms with Crippen molar-refractivity contribution in [2.45, 2.75) is 12.5 Å². The Morgan fingerprint density at radius 1 is 1.46 bits per heavy atom. The van der Waals surface area contributed by atoms with E-state index in [1.165, 1.54) is 0 Å². The average molecular weight is 179 g/mol. The Morgan fingerprint density at radius 3 is 3.08 bits per heavy atom. The van der Waals surface area contributed by atoms with Crippen LogP contribution in [0.4, 0.5) is 5.69 Å².